The Kier molecular flexibility index (Phi) is 4.18. The Hall–Kier alpha value is -2.96. The molecule has 0 bridgehead atoms. The van der Waals surface area contributed by atoms with Crippen LogP contribution in [0.2, 0.25) is 0 Å². The SMILES string of the molecule is Cc1ncc([N+](=O)[O-])n1CCCOc1nccc2ccccc12. The van der Waals surface area contributed by atoms with Gasteiger partial charge in [0.15, 0.2) is 5.82 Å². The van der Waals surface area contributed by atoms with Crippen molar-refractivity contribution in [2.45, 2.75) is 19.9 Å². The van der Waals surface area contributed by atoms with Gasteiger partial charge in [-0.05, 0) is 22.4 Å². The molecule has 118 valence electrons. The monoisotopic (exact) mass is 312 g/mol. The molecule has 0 aliphatic heterocycles. The van der Waals surface area contributed by atoms with E-state index < -0.39 is 4.92 Å². The quantitative estimate of drug-likeness (QED) is 0.397. The summed E-state index contributed by atoms with van der Waals surface area (Å²) in [7, 11) is 0. The fourth-order valence-corrected chi connectivity index (χ4v) is 2.48. The van der Waals surface area contributed by atoms with Crippen molar-refractivity contribution in [3.05, 3.63) is 58.7 Å². The van der Waals surface area contributed by atoms with Crippen LogP contribution in [0.1, 0.15) is 12.2 Å². The lowest BCUT2D eigenvalue weighted by atomic mass is 10.2. The van der Waals surface area contributed by atoms with Crippen LogP contribution >= 0.6 is 0 Å². The van der Waals surface area contributed by atoms with Crippen LogP contribution < -0.4 is 4.74 Å². The van der Waals surface area contributed by atoms with Crippen molar-refractivity contribution < 1.29 is 9.66 Å². The molecule has 23 heavy (non-hydrogen) atoms. The Balaban J connectivity index is 1.64. The van der Waals surface area contributed by atoms with Gasteiger partial charge in [-0.1, -0.05) is 18.2 Å². The molecule has 0 aliphatic rings. The average molecular weight is 312 g/mol. The third-order valence-electron chi connectivity index (χ3n) is 3.62. The first-order valence-electron chi connectivity index (χ1n) is 7.30. The molecule has 7 heteroatoms. The zero-order valence-electron chi connectivity index (χ0n) is 12.7. The molecule has 2 aromatic heterocycles. The first kappa shape index (κ1) is 15.0. The minimum Gasteiger partial charge on any atom is -0.477 e. The summed E-state index contributed by atoms with van der Waals surface area (Å²) in [5.74, 6) is 1.21. The van der Waals surface area contributed by atoms with Crippen LogP contribution in [0.4, 0.5) is 5.82 Å². The standard InChI is InChI=1S/C16H16N4O3/c1-12-18-11-15(20(21)22)19(12)9-4-10-23-16-14-6-3-2-5-13(14)7-8-17-16/h2-3,5-8,11H,4,9-10H2,1H3. The van der Waals surface area contributed by atoms with E-state index in [0.29, 0.717) is 31.3 Å². The van der Waals surface area contributed by atoms with Crippen molar-refractivity contribution >= 4 is 16.6 Å². The van der Waals surface area contributed by atoms with Gasteiger partial charge in [0.25, 0.3) is 0 Å². The van der Waals surface area contributed by atoms with E-state index in [2.05, 4.69) is 9.97 Å². The maximum atomic E-state index is 10.9. The molecule has 7 nitrogen and oxygen atoms in total. The molecule has 3 aromatic rings. The van der Waals surface area contributed by atoms with Gasteiger partial charge in [0.2, 0.25) is 5.88 Å². The molecule has 0 saturated heterocycles. The zero-order chi connectivity index (χ0) is 16.2. The van der Waals surface area contributed by atoms with Crippen molar-refractivity contribution in [1.29, 1.82) is 0 Å². The predicted molar refractivity (Wildman–Crippen MR) is 85.5 cm³/mol. The van der Waals surface area contributed by atoms with E-state index in [1.165, 1.54) is 6.20 Å². The van der Waals surface area contributed by atoms with E-state index in [-0.39, 0.29) is 5.82 Å². The second-order valence-corrected chi connectivity index (χ2v) is 5.11. The molecule has 0 fully saturated rings. The van der Waals surface area contributed by atoms with Gasteiger partial charge in [-0.3, -0.25) is 0 Å². The van der Waals surface area contributed by atoms with Crippen LogP contribution in [0.3, 0.4) is 0 Å². The molecule has 0 unspecified atom stereocenters. The minimum atomic E-state index is -0.423. The van der Waals surface area contributed by atoms with E-state index >= 15 is 0 Å². The first-order chi connectivity index (χ1) is 11.2. The van der Waals surface area contributed by atoms with Crippen LogP contribution in [-0.4, -0.2) is 26.1 Å². The lowest BCUT2D eigenvalue weighted by molar-refractivity contribution is -0.392. The number of rotatable bonds is 6. The summed E-state index contributed by atoms with van der Waals surface area (Å²) in [5.41, 5.74) is 0. The molecule has 0 atom stereocenters. The molecule has 0 N–H and O–H groups in total. The number of nitrogens with zero attached hydrogens (tertiary/aromatic N) is 4. The molecular weight excluding hydrogens is 296 g/mol. The molecule has 2 heterocycles. The summed E-state index contributed by atoms with van der Waals surface area (Å²) in [6, 6.07) is 9.80. The number of aromatic nitrogens is 3. The van der Waals surface area contributed by atoms with Crippen LogP contribution in [-0.2, 0) is 6.54 Å². The Morgan fingerprint density at radius 3 is 2.91 bits per heavy atom. The normalized spacial score (nSPS) is 10.8. The van der Waals surface area contributed by atoms with Gasteiger partial charge < -0.3 is 14.9 Å². The van der Waals surface area contributed by atoms with Gasteiger partial charge in [0, 0.05) is 24.9 Å². The van der Waals surface area contributed by atoms with E-state index in [0.717, 1.165) is 10.8 Å². The molecule has 3 rings (SSSR count). The summed E-state index contributed by atoms with van der Waals surface area (Å²) in [5, 5.41) is 13.0. The molecule has 0 spiro atoms. The number of hydrogen-bond donors (Lipinski definition) is 0. The highest BCUT2D eigenvalue weighted by atomic mass is 16.6. The topological polar surface area (TPSA) is 83.1 Å². The minimum absolute atomic E-state index is 0.00536. The lowest BCUT2D eigenvalue weighted by Gasteiger charge is -2.08. The largest absolute Gasteiger partial charge is 0.477 e. The highest BCUT2D eigenvalue weighted by Crippen LogP contribution is 2.22. The summed E-state index contributed by atoms with van der Waals surface area (Å²) in [6.45, 7) is 2.66. The van der Waals surface area contributed by atoms with Gasteiger partial charge >= 0.3 is 5.82 Å². The van der Waals surface area contributed by atoms with E-state index in [4.69, 9.17) is 4.74 Å². The molecule has 0 aliphatic carbocycles. The van der Waals surface area contributed by atoms with Crippen molar-refractivity contribution in [1.82, 2.24) is 14.5 Å². The van der Waals surface area contributed by atoms with Crippen molar-refractivity contribution in [3.8, 4) is 5.88 Å². The number of fused-ring (bicyclic) bond motifs is 1. The van der Waals surface area contributed by atoms with Crippen LogP contribution in [0, 0.1) is 17.0 Å². The fraction of sp³-hybridized carbons (Fsp3) is 0.250. The van der Waals surface area contributed by atoms with E-state index in [9.17, 15) is 10.1 Å². The highest BCUT2D eigenvalue weighted by molar-refractivity contribution is 5.86. The molecule has 0 radical (unpaired) electrons. The van der Waals surface area contributed by atoms with Crippen molar-refractivity contribution in [2.24, 2.45) is 0 Å². The Morgan fingerprint density at radius 1 is 1.26 bits per heavy atom. The molecule has 0 amide bonds. The number of imidazole rings is 1. The molecule has 0 saturated carbocycles. The smallest absolute Gasteiger partial charge is 0.342 e. The van der Waals surface area contributed by atoms with Crippen LogP contribution in [0.5, 0.6) is 5.88 Å². The summed E-state index contributed by atoms with van der Waals surface area (Å²) in [4.78, 5) is 18.8. The highest BCUT2D eigenvalue weighted by Gasteiger charge is 2.16. The number of benzene rings is 1. The lowest BCUT2D eigenvalue weighted by Crippen LogP contribution is -2.09. The van der Waals surface area contributed by atoms with Crippen molar-refractivity contribution in [2.75, 3.05) is 6.61 Å². The predicted octanol–water partition coefficient (Wildman–Crippen LogP) is 3.12. The second kappa shape index (κ2) is 6.43. The Labute approximate surface area is 132 Å². The number of pyridine rings is 1. The van der Waals surface area contributed by atoms with Crippen molar-refractivity contribution in [3.63, 3.8) is 0 Å². The molecular formula is C16H16N4O3. The second-order valence-electron chi connectivity index (χ2n) is 5.11. The van der Waals surface area contributed by atoms with E-state index in [1.54, 1.807) is 17.7 Å². The maximum Gasteiger partial charge on any atom is 0.342 e. The summed E-state index contributed by atoms with van der Waals surface area (Å²) >= 11 is 0. The van der Waals surface area contributed by atoms with Gasteiger partial charge in [-0.15, -0.1) is 0 Å². The number of aryl methyl sites for hydroxylation is 1. The number of hydrogen-bond acceptors (Lipinski definition) is 5. The third-order valence-corrected chi connectivity index (χ3v) is 3.62. The van der Waals surface area contributed by atoms with Gasteiger partial charge in [-0.2, -0.15) is 0 Å². The van der Waals surface area contributed by atoms with Gasteiger partial charge in [0.1, 0.15) is 6.20 Å². The van der Waals surface area contributed by atoms with Crippen LogP contribution in [0.25, 0.3) is 10.8 Å². The molecule has 1 aromatic carbocycles. The average Bonchev–Trinajstić information content (AvgIpc) is 2.93. The van der Waals surface area contributed by atoms with E-state index in [1.807, 2.05) is 30.3 Å². The first-order valence-corrected chi connectivity index (χ1v) is 7.30. The maximum absolute atomic E-state index is 10.9. The summed E-state index contributed by atoms with van der Waals surface area (Å²) < 4.78 is 7.33. The van der Waals surface area contributed by atoms with Crippen LogP contribution in [0.15, 0.2) is 42.7 Å². The fourth-order valence-electron chi connectivity index (χ4n) is 2.48. The Bertz CT molecular complexity index is 839. The summed E-state index contributed by atoms with van der Waals surface area (Å²) in [6.07, 6.45) is 3.62. The number of ether oxygens (including phenoxy) is 1. The Morgan fingerprint density at radius 2 is 2.09 bits per heavy atom. The van der Waals surface area contributed by atoms with Gasteiger partial charge in [-0.25, -0.2) is 14.5 Å². The zero-order valence-corrected chi connectivity index (χ0v) is 12.7. The number of nitro groups is 1. The van der Waals surface area contributed by atoms with Gasteiger partial charge in [0.05, 0.1) is 13.2 Å². The third kappa shape index (κ3) is 3.13.